The highest BCUT2D eigenvalue weighted by Gasteiger charge is 2.16. The summed E-state index contributed by atoms with van der Waals surface area (Å²) >= 11 is 6.01. The van der Waals surface area contributed by atoms with Gasteiger partial charge in [0.15, 0.2) is 5.75 Å². The third-order valence-corrected chi connectivity index (χ3v) is 2.58. The standard InChI is InChI=1S/C7H5Br2F2NO/c1-13-4-2-3(7(10)11)5(8)12-6(4)9/h2,7H,1H3. The predicted octanol–water partition coefficient (Wildman–Crippen LogP) is 3.55. The molecule has 0 saturated heterocycles. The lowest BCUT2D eigenvalue weighted by Crippen LogP contribution is -1.94. The van der Waals surface area contributed by atoms with Gasteiger partial charge in [-0.25, -0.2) is 13.8 Å². The van der Waals surface area contributed by atoms with Crippen molar-refractivity contribution >= 4 is 31.9 Å². The normalized spacial score (nSPS) is 10.6. The number of nitrogens with zero attached hydrogens (tertiary/aromatic N) is 1. The van der Waals surface area contributed by atoms with Crippen molar-refractivity contribution in [2.24, 2.45) is 0 Å². The minimum Gasteiger partial charge on any atom is -0.494 e. The number of alkyl halides is 2. The molecule has 0 saturated carbocycles. The second kappa shape index (κ2) is 4.32. The second-order valence-corrected chi connectivity index (χ2v) is 3.66. The van der Waals surface area contributed by atoms with E-state index in [9.17, 15) is 8.78 Å². The largest absolute Gasteiger partial charge is 0.494 e. The first-order chi connectivity index (χ1) is 6.06. The van der Waals surface area contributed by atoms with E-state index in [1.807, 2.05) is 0 Å². The zero-order valence-electron chi connectivity index (χ0n) is 6.52. The summed E-state index contributed by atoms with van der Waals surface area (Å²) in [4.78, 5) is 3.79. The summed E-state index contributed by atoms with van der Waals surface area (Å²) in [7, 11) is 1.39. The van der Waals surface area contributed by atoms with Crippen LogP contribution in [0.1, 0.15) is 12.0 Å². The van der Waals surface area contributed by atoms with E-state index in [2.05, 4.69) is 36.8 Å². The molecule has 1 rings (SSSR count). The summed E-state index contributed by atoms with van der Waals surface area (Å²) in [5, 5.41) is 0. The molecule has 1 aromatic heterocycles. The summed E-state index contributed by atoms with van der Waals surface area (Å²) in [5.74, 6) is 0.290. The molecule has 0 spiro atoms. The van der Waals surface area contributed by atoms with Crippen LogP contribution in [-0.2, 0) is 0 Å². The van der Waals surface area contributed by atoms with E-state index in [0.717, 1.165) is 0 Å². The molecule has 13 heavy (non-hydrogen) atoms. The van der Waals surface area contributed by atoms with Crippen molar-refractivity contribution in [3.8, 4) is 5.75 Å². The van der Waals surface area contributed by atoms with Crippen LogP contribution in [0.2, 0.25) is 0 Å². The van der Waals surface area contributed by atoms with Gasteiger partial charge < -0.3 is 4.74 Å². The summed E-state index contributed by atoms with van der Waals surface area (Å²) in [6, 6.07) is 1.24. The number of hydrogen-bond acceptors (Lipinski definition) is 2. The second-order valence-electron chi connectivity index (χ2n) is 2.16. The molecule has 2 nitrogen and oxygen atoms in total. The van der Waals surface area contributed by atoms with Crippen LogP contribution >= 0.6 is 31.9 Å². The van der Waals surface area contributed by atoms with Gasteiger partial charge in [0.2, 0.25) is 0 Å². The molecule has 0 amide bonds. The Balaban J connectivity index is 3.22. The molecule has 0 aliphatic heterocycles. The van der Waals surface area contributed by atoms with E-state index in [4.69, 9.17) is 4.74 Å². The Morgan fingerprint density at radius 1 is 1.38 bits per heavy atom. The summed E-state index contributed by atoms with van der Waals surface area (Å²) in [6.45, 7) is 0. The first kappa shape index (κ1) is 10.8. The number of ether oxygens (including phenoxy) is 1. The van der Waals surface area contributed by atoms with Crippen molar-refractivity contribution in [1.82, 2.24) is 4.98 Å². The van der Waals surface area contributed by atoms with Crippen LogP contribution in [0.5, 0.6) is 5.75 Å². The van der Waals surface area contributed by atoms with Crippen LogP contribution in [0.4, 0.5) is 8.78 Å². The molecule has 0 unspecified atom stereocenters. The molecule has 0 fully saturated rings. The number of aromatic nitrogens is 1. The van der Waals surface area contributed by atoms with Crippen LogP contribution in [0.15, 0.2) is 15.3 Å². The van der Waals surface area contributed by atoms with Gasteiger partial charge >= 0.3 is 0 Å². The molecule has 6 heteroatoms. The molecule has 1 heterocycles. The first-order valence-corrected chi connectivity index (χ1v) is 4.83. The van der Waals surface area contributed by atoms with Crippen molar-refractivity contribution < 1.29 is 13.5 Å². The fraction of sp³-hybridized carbons (Fsp3) is 0.286. The SMILES string of the molecule is COc1cc(C(F)F)c(Br)nc1Br. The maximum Gasteiger partial charge on any atom is 0.266 e. The molecule has 1 aromatic rings. The summed E-state index contributed by atoms with van der Waals surface area (Å²) < 4.78 is 30.0. The van der Waals surface area contributed by atoms with Crippen molar-refractivity contribution in [2.45, 2.75) is 6.43 Å². The van der Waals surface area contributed by atoms with Crippen LogP contribution in [0.3, 0.4) is 0 Å². The summed E-state index contributed by atoms with van der Waals surface area (Å²) in [5.41, 5.74) is -0.181. The zero-order chi connectivity index (χ0) is 10.0. The fourth-order valence-electron chi connectivity index (χ4n) is 0.762. The van der Waals surface area contributed by atoms with E-state index in [-0.39, 0.29) is 10.2 Å². The highest BCUT2D eigenvalue weighted by molar-refractivity contribution is 9.11. The van der Waals surface area contributed by atoms with Crippen molar-refractivity contribution in [1.29, 1.82) is 0 Å². The lowest BCUT2D eigenvalue weighted by atomic mass is 10.3. The molecule has 0 radical (unpaired) electrons. The number of pyridine rings is 1. The number of hydrogen-bond donors (Lipinski definition) is 0. The Morgan fingerprint density at radius 2 is 2.00 bits per heavy atom. The Kier molecular flexibility index (Phi) is 3.61. The van der Waals surface area contributed by atoms with Crippen molar-refractivity contribution in [3.63, 3.8) is 0 Å². The molecular formula is C7H5Br2F2NO. The van der Waals surface area contributed by atoms with E-state index in [1.165, 1.54) is 13.2 Å². The number of rotatable bonds is 2. The summed E-state index contributed by atoms with van der Waals surface area (Å²) in [6.07, 6.45) is -2.57. The molecule has 0 aliphatic carbocycles. The molecule has 0 aliphatic rings. The third-order valence-electron chi connectivity index (χ3n) is 1.38. The van der Waals surface area contributed by atoms with Crippen LogP contribution < -0.4 is 4.74 Å². The average Bonchev–Trinajstić information content (AvgIpc) is 2.03. The van der Waals surface area contributed by atoms with Crippen molar-refractivity contribution in [3.05, 3.63) is 20.8 Å². The smallest absolute Gasteiger partial charge is 0.266 e. The highest BCUT2D eigenvalue weighted by atomic mass is 79.9. The minimum atomic E-state index is -2.57. The molecular weight excluding hydrogens is 312 g/mol. The quantitative estimate of drug-likeness (QED) is 0.778. The van der Waals surface area contributed by atoms with Gasteiger partial charge in [-0.05, 0) is 37.9 Å². The monoisotopic (exact) mass is 315 g/mol. The first-order valence-electron chi connectivity index (χ1n) is 3.24. The molecule has 0 aromatic carbocycles. The Morgan fingerprint density at radius 3 is 2.46 bits per heavy atom. The van der Waals surface area contributed by atoms with E-state index >= 15 is 0 Å². The van der Waals surface area contributed by atoms with Gasteiger partial charge in [0.05, 0.1) is 12.7 Å². The topological polar surface area (TPSA) is 22.1 Å². The van der Waals surface area contributed by atoms with Gasteiger partial charge in [0.25, 0.3) is 6.43 Å². The van der Waals surface area contributed by atoms with Crippen molar-refractivity contribution in [2.75, 3.05) is 7.11 Å². The fourth-order valence-corrected chi connectivity index (χ4v) is 1.92. The van der Waals surface area contributed by atoms with Gasteiger partial charge in [0.1, 0.15) is 9.21 Å². The molecule has 0 bridgehead atoms. The van der Waals surface area contributed by atoms with E-state index in [1.54, 1.807) is 0 Å². The number of halogens is 4. The minimum absolute atomic E-state index is 0.121. The van der Waals surface area contributed by atoms with E-state index in [0.29, 0.717) is 10.4 Å². The third kappa shape index (κ3) is 2.37. The van der Waals surface area contributed by atoms with Gasteiger partial charge in [0, 0.05) is 0 Å². The van der Waals surface area contributed by atoms with Gasteiger partial charge in [-0.2, -0.15) is 0 Å². The van der Waals surface area contributed by atoms with Gasteiger partial charge in [-0.1, -0.05) is 0 Å². The average molecular weight is 317 g/mol. The maximum atomic E-state index is 12.3. The molecule has 0 atom stereocenters. The van der Waals surface area contributed by atoms with Gasteiger partial charge in [-0.15, -0.1) is 0 Å². The molecule has 0 N–H and O–H groups in total. The van der Waals surface area contributed by atoms with E-state index < -0.39 is 6.43 Å². The molecule has 72 valence electrons. The number of methoxy groups -OCH3 is 1. The van der Waals surface area contributed by atoms with Crippen LogP contribution in [0.25, 0.3) is 0 Å². The highest BCUT2D eigenvalue weighted by Crippen LogP contribution is 2.33. The Labute approximate surface area is 90.6 Å². The van der Waals surface area contributed by atoms with Crippen LogP contribution in [-0.4, -0.2) is 12.1 Å². The lowest BCUT2D eigenvalue weighted by molar-refractivity contribution is 0.149. The lowest BCUT2D eigenvalue weighted by Gasteiger charge is -2.07. The van der Waals surface area contributed by atoms with Crippen LogP contribution in [0, 0.1) is 0 Å². The Hall–Kier alpha value is -0.230. The zero-order valence-corrected chi connectivity index (χ0v) is 9.69. The maximum absolute atomic E-state index is 12.3. The van der Waals surface area contributed by atoms with Gasteiger partial charge in [-0.3, -0.25) is 0 Å². The predicted molar refractivity (Wildman–Crippen MR) is 51.1 cm³/mol. The Bertz CT molecular complexity index is 320.